The number of likely N-dealkylation sites (tertiary alicyclic amines) is 1. The second-order valence-corrected chi connectivity index (χ2v) is 9.34. The fourth-order valence-electron chi connectivity index (χ4n) is 5.50. The molecule has 3 aliphatic heterocycles. The predicted molar refractivity (Wildman–Crippen MR) is 125 cm³/mol. The number of carbonyl (C=O) groups excluding carboxylic acids is 1. The molecule has 32 heavy (non-hydrogen) atoms. The van der Waals surface area contributed by atoms with Gasteiger partial charge in [0.1, 0.15) is 5.82 Å². The van der Waals surface area contributed by atoms with E-state index < -0.39 is 0 Å². The Labute approximate surface area is 190 Å². The van der Waals surface area contributed by atoms with Crippen molar-refractivity contribution in [3.63, 3.8) is 0 Å². The minimum absolute atomic E-state index is 0.143. The molecule has 1 atom stereocenters. The predicted octanol–water partition coefficient (Wildman–Crippen LogP) is 3.00. The molecule has 6 heteroatoms. The summed E-state index contributed by atoms with van der Waals surface area (Å²) in [4.78, 5) is 22.1. The Kier molecular flexibility index (Phi) is 6.42. The number of hydrogen-bond donors (Lipinski definition) is 0. The zero-order valence-electron chi connectivity index (χ0n) is 18.8. The molecule has 5 rings (SSSR count). The number of carbonyl (C=O) groups is 1. The van der Waals surface area contributed by atoms with Gasteiger partial charge in [-0.1, -0.05) is 36.4 Å². The van der Waals surface area contributed by atoms with E-state index in [0.717, 1.165) is 71.6 Å². The standard InChI is InChI=1S/C26H33FN4O/c27-24-9-3-4-10-25(24)30-16-14-29(15-17-30)23-8-5-12-31(19-23)26(32)20-28-13-11-21-6-1-2-7-22(21)18-28/h1-4,6-7,9-10,23H,5,8,11-20H2. The maximum absolute atomic E-state index is 14.1. The molecule has 2 aromatic rings. The quantitative estimate of drug-likeness (QED) is 0.737. The summed E-state index contributed by atoms with van der Waals surface area (Å²) in [5.74, 6) is 0.120. The van der Waals surface area contributed by atoms with E-state index in [4.69, 9.17) is 0 Å². The first-order chi connectivity index (χ1) is 15.7. The maximum atomic E-state index is 14.1. The van der Waals surface area contributed by atoms with Crippen LogP contribution in [0.15, 0.2) is 48.5 Å². The Bertz CT molecular complexity index is 943. The van der Waals surface area contributed by atoms with Gasteiger partial charge in [0.15, 0.2) is 0 Å². The highest BCUT2D eigenvalue weighted by Crippen LogP contribution is 2.24. The molecular formula is C26H33FN4O. The molecule has 170 valence electrons. The highest BCUT2D eigenvalue weighted by Gasteiger charge is 2.31. The largest absolute Gasteiger partial charge is 0.367 e. The molecule has 2 saturated heterocycles. The fraction of sp³-hybridized carbons (Fsp3) is 0.500. The normalized spacial score (nSPS) is 22.6. The summed E-state index contributed by atoms with van der Waals surface area (Å²) in [6, 6.07) is 16.0. The number of rotatable bonds is 4. The van der Waals surface area contributed by atoms with E-state index in [9.17, 15) is 9.18 Å². The van der Waals surface area contributed by atoms with Crippen LogP contribution in [-0.4, -0.2) is 79.0 Å². The zero-order valence-corrected chi connectivity index (χ0v) is 18.8. The molecule has 3 heterocycles. The van der Waals surface area contributed by atoms with Crippen LogP contribution in [0.5, 0.6) is 0 Å². The van der Waals surface area contributed by atoms with Gasteiger partial charge in [0, 0.05) is 58.4 Å². The number of para-hydroxylation sites is 1. The van der Waals surface area contributed by atoms with Crippen LogP contribution in [0.1, 0.15) is 24.0 Å². The van der Waals surface area contributed by atoms with Crippen LogP contribution >= 0.6 is 0 Å². The van der Waals surface area contributed by atoms with Crippen molar-refractivity contribution in [3.8, 4) is 0 Å². The third-order valence-corrected chi connectivity index (χ3v) is 7.34. The summed E-state index contributed by atoms with van der Waals surface area (Å²) in [5, 5.41) is 0. The van der Waals surface area contributed by atoms with Crippen LogP contribution in [0.4, 0.5) is 10.1 Å². The molecule has 0 bridgehead atoms. The summed E-state index contributed by atoms with van der Waals surface area (Å²) >= 11 is 0. The number of piperazine rings is 1. The molecule has 0 saturated carbocycles. The monoisotopic (exact) mass is 436 g/mol. The second-order valence-electron chi connectivity index (χ2n) is 9.34. The van der Waals surface area contributed by atoms with E-state index in [-0.39, 0.29) is 11.7 Å². The van der Waals surface area contributed by atoms with Gasteiger partial charge in [0.25, 0.3) is 0 Å². The number of amides is 1. The number of benzene rings is 2. The minimum Gasteiger partial charge on any atom is -0.367 e. The van der Waals surface area contributed by atoms with Crippen LogP contribution in [0.3, 0.4) is 0 Å². The lowest BCUT2D eigenvalue weighted by Gasteiger charge is -2.44. The molecule has 2 aromatic carbocycles. The van der Waals surface area contributed by atoms with Crippen LogP contribution in [0.25, 0.3) is 0 Å². The Balaban J connectivity index is 1.13. The first-order valence-corrected chi connectivity index (χ1v) is 12.0. The highest BCUT2D eigenvalue weighted by molar-refractivity contribution is 5.78. The Hall–Kier alpha value is -2.44. The number of hydrogen-bond acceptors (Lipinski definition) is 4. The summed E-state index contributed by atoms with van der Waals surface area (Å²) in [7, 11) is 0. The molecule has 3 aliphatic rings. The molecule has 0 radical (unpaired) electrons. The van der Waals surface area contributed by atoms with E-state index >= 15 is 0 Å². The van der Waals surface area contributed by atoms with Gasteiger partial charge in [-0.25, -0.2) is 4.39 Å². The summed E-state index contributed by atoms with van der Waals surface area (Å²) in [6.07, 6.45) is 3.23. The van der Waals surface area contributed by atoms with Crippen molar-refractivity contribution >= 4 is 11.6 Å². The average Bonchev–Trinajstić information content (AvgIpc) is 2.84. The minimum atomic E-state index is -0.143. The van der Waals surface area contributed by atoms with E-state index in [0.29, 0.717) is 18.3 Å². The Morgan fingerprint density at radius 2 is 1.66 bits per heavy atom. The van der Waals surface area contributed by atoms with Gasteiger partial charge in [-0.15, -0.1) is 0 Å². The summed E-state index contributed by atoms with van der Waals surface area (Å²) in [5.41, 5.74) is 3.48. The SMILES string of the molecule is O=C(CN1CCc2ccccc2C1)N1CCCC(N2CCN(c3ccccc3F)CC2)C1. The molecule has 5 nitrogen and oxygen atoms in total. The van der Waals surface area contributed by atoms with Crippen molar-refractivity contribution in [1.82, 2.24) is 14.7 Å². The van der Waals surface area contributed by atoms with Crippen LogP contribution in [0.2, 0.25) is 0 Å². The van der Waals surface area contributed by atoms with Crippen molar-refractivity contribution in [1.29, 1.82) is 0 Å². The lowest BCUT2D eigenvalue weighted by Crippen LogP contribution is -2.56. The number of anilines is 1. The van der Waals surface area contributed by atoms with Gasteiger partial charge in [-0.3, -0.25) is 14.6 Å². The molecule has 0 spiro atoms. The molecule has 2 fully saturated rings. The van der Waals surface area contributed by atoms with Crippen molar-refractivity contribution in [3.05, 3.63) is 65.5 Å². The molecular weight excluding hydrogens is 403 g/mol. The first kappa shape index (κ1) is 21.4. The van der Waals surface area contributed by atoms with Gasteiger partial charge in [-0.05, 0) is 42.5 Å². The summed E-state index contributed by atoms with van der Waals surface area (Å²) in [6.45, 7) is 7.54. The van der Waals surface area contributed by atoms with Gasteiger partial charge in [0.2, 0.25) is 5.91 Å². The molecule has 0 aliphatic carbocycles. The lowest BCUT2D eigenvalue weighted by molar-refractivity contribution is -0.134. The maximum Gasteiger partial charge on any atom is 0.236 e. The Morgan fingerprint density at radius 3 is 2.47 bits per heavy atom. The van der Waals surface area contributed by atoms with E-state index in [1.54, 1.807) is 6.07 Å². The smallest absolute Gasteiger partial charge is 0.236 e. The van der Waals surface area contributed by atoms with Crippen molar-refractivity contribution < 1.29 is 9.18 Å². The van der Waals surface area contributed by atoms with E-state index in [1.807, 2.05) is 12.1 Å². The van der Waals surface area contributed by atoms with Crippen molar-refractivity contribution in [2.75, 3.05) is 57.3 Å². The summed E-state index contributed by atoms with van der Waals surface area (Å²) < 4.78 is 14.1. The van der Waals surface area contributed by atoms with Crippen molar-refractivity contribution in [2.45, 2.75) is 31.8 Å². The fourth-order valence-corrected chi connectivity index (χ4v) is 5.50. The third-order valence-electron chi connectivity index (χ3n) is 7.34. The number of nitrogens with zero attached hydrogens (tertiary/aromatic N) is 4. The van der Waals surface area contributed by atoms with Gasteiger partial charge >= 0.3 is 0 Å². The van der Waals surface area contributed by atoms with E-state index in [1.165, 1.54) is 17.2 Å². The molecule has 1 unspecified atom stereocenters. The van der Waals surface area contributed by atoms with Crippen LogP contribution < -0.4 is 4.90 Å². The molecule has 1 amide bonds. The zero-order chi connectivity index (χ0) is 21.9. The van der Waals surface area contributed by atoms with Gasteiger partial charge in [0.05, 0.1) is 12.2 Å². The van der Waals surface area contributed by atoms with Gasteiger partial charge in [-0.2, -0.15) is 0 Å². The molecule has 0 aromatic heterocycles. The Morgan fingerprint density at radius 1 is 0.906 bits per heavy atom. The van der Waals surface area contributed by atoms with Crippen LogP contribution in [-0.2, 0) is 17.8 Å². The first-order valence-electron chi connectivity index (χ1n) is 12.0. The number of piperidine rings is 1. The van der Waals surface area contributed by atoms with Crippen molar-refractivity contribution in [2.24, 2.45) is 0 Å². The van der Waals surface area contributed by atoms with E-state index in [2.05, 4.69) is 43.9 Å². The lowest BCUT2D eigenvalue weighted by atomic mass is 9.99. The highest BCUT2D eigenvalue weighted by atomic mass is 19.1. The second kappa shape index (κ2) is 9.59. The third kappa shape index (κ3) is 4.66. The average molecular weight is 437 g/mol. The van der Waals surface area contributed by atoms with Crippen LogP contribution in [0, 0.1) is 5.82 Å². The van der Waals surface area contributed by atoms with Gasteiger partial charge < -0.3 is 9.80 Å². The topological polar surface area (TPSA) is 30.0 Å². The number of halogens is 1. The molecule has 0 N–H and O–H groups in total. The number of fused-ring (bicyclic) bond motifs is 1.